The number of H-pyrrole nitrogens is 1. The Hall–Kier alpha value is -3.77. The van der Waals surface area contributed by atoms with E-state index in [4.69, 9.17) is 4.74 Å². The van der Waals surface area contributed by atoms with Gasteiger partial charge >= 0.3 is 0 Å². The van der Waals surface area contributed by atoms with E-state index in [0.29, 0.717) is 39.6 Å². The third-order valence-electron chi connectivity index (χ3n) is 4.46. The van der Waals surface area contributed by atoms with Gasteiger partial charge in [-0.2, -0.15) is 5.26 Å². The van der Waals surface area contributed by atoms with Gasteiger partial charge in [-0.1, -0.05) is 13.0 Å². The minimum Gasteiger partial charge on any atom is -0.456 e. The Morgan fingerprint density at radius 3 is 2.67 bits per heavy atom. The Kier molecular flexibility index (Phi) is 5.16. The van der Waals surface area contributed by atoms with Gasteiger partial charge in [0, 0.05) is 12.3 Å². The van der Waals surface area contributed by atoms with Crippen LogP contribution in [0.15, 0.2) is 59.9 Å². The van der Waals surface area contributed by atoms with Crippen LogP contribution in [0.2, 0.25) is 0 Å². The fraction of sp³-hybridized carbons (Fsp3) is 0.143. The molecule has 4 aromatic rings. The largest absolute Gasteiger partial charge is 0.456 e. The number of aromatic amines is 1. The van der Waals surface area contributed by atoms with Crippen molar-refractivity contribution < 1.29 is 13.2 Å². The molecule has 0 aliphatic rings. The minimum absolute atomic E-state index is 0.00606. The lowest BCUT2D eigenvalue weighted by Crippen LogP contribution is -2.05. The molecular weight excluding hydrogens is 402 g/mol. The molecule has 30 heavy (non-hydrogen) atoms. The van der Waals surface area contributed by atoms with Gasteiger partial charge in [0.1, 0.15) is 17.2 Å². The van der Waals surface area contributed by atoms with Crippen molar-refractivity contribution in [2.24, 2.45) is 0 Å². The molecule has 0 amide bonds. The molecule has 1 aromatic carbocycles. The number of sulfone groups is 1. The Balaban J connectivity index is 1.70. The van der Waals surface area contributed by atoms with Crippen LogP contribution in [0, 0.1) is 11.3 Å². The van der Waals surface area contributed by atoms with E-state index in [1.165, 1.54) is 12.3 Å². The van der Waals surface area contributed by atoms with E-state index in [1.54, 1.807) is 31.3 Å². The molecule has 0 unspecified atom stereocenters. The molecule has 3 heterocycles. The maximum Gasteiger partial charge on any atom is 0.195 e. The summed E-state index contributed by atoms with van der Waals surface area (Å²) in [7, 11) is -3.38. The molecule has 0 saturated carbocycles. The maximum absolute atomic E-state index is 11.9. The van der Waals surface area contributed by atoms with Crippen molar-refractivity contribution in [1.29, 1.82) is 5.26 Å². The number of nitrogens with zero attached hydrogens (tertiary/aromatic N) is 4. The first-order valence-corrected chi connectivity index (χ1v) is 10.8. The number of aromatic nitrogens is 4. The van der Waals surface area contributed by atoms with E-state index in [-0.39, 0.29) is 17.2 Å². The SMILES string of the molecule is CCS(=O)(=O)c1ccc(Oc2cc(CC#N)c3nc(-c4ccccn4)[nH]c3c2)cn1. The smallest absolute Gasteiger partial charge is 0.195 e. The molecule has 1 N–H and O–H groups in total. The van der Waals surface area contributed by atoms with Crippen LogP contribution in [0.1, 0.15) is 12.5 Å². The lowest BCUT2D eigenvalue weighted by Gasteiger charge is -2.08. The molecule has 0 fully saturated rings. The van der Waals surface area contributed by atoms with Crippen LogP contribution in [0.5, 0.6) is 11.5 Å². The summed E-state index contributed by atoms with van der Waals surface area (Å²) in [4.78, 5) is 16.1. The third kappa shape index (κ3) is 3.86. The molecule has 0 radical (unpaired) electrons. The van der Waals surface area contributed by atoms with E-state index in [2.05, 4.69) is 26.0 Å². The number of rotatable bonds is 6. The number of imidazole rings is 1. The van der Waals surface area contributed by atoms with Gasteiger partial charge in [-0.05, 0) is 35.9 Å². The highest BCUT2D eigenvalue weighted by Crippen LogP contribution is 2.30. The molecule has 0 saturated heterocycles. The summed E-state index contributed by atoms with van der Waals surface area (Å²) >= 11 is 0. The van der Waals surface area contributed by atoms with Crippen molar-refractivity contribution in [3.05, 3.63) is 60.4 Å². The van der Waals surface area contributed by atoms with Crippen molar-refractivity contribution in [3.63, 3.8) is 0 Å². The monoisotopic (exact) mass is 419 g/mol. The molecule has 0 bridgehead atoms. The zero-order chi connectivity index (χ0) is 21.1. The second-order valence-electron chi connectivity index (χ2n) is 6.45. The van der Waals surface area contributed by atoms with Gasteiger partial charge in [0.15, 0.2) is 20.7 Å². The summed E-state index contributed by atoms with van der Waals surface area (Å²) in [5.41, 5.74) is 2.78. The van der Waals surface area contributed by atoms with E-state index >= 15 is 0 Å². The molecule has 0 aliphatic heterocycles. The molecule has 8 nitrogen and oxygen atoms in total. The second kappa shape index (κ2) is 7.93. The van der Waals surface area contributed by atoms with Gasteiger partial charge in [0.2, 0.25) is 0 Å². The maximum atomic E-state index is 11.9. The average Bonchev–Trinajstić information content (AvgIpc) is 3.19. The summed E-state index contributed by atoms with van der Waals surface area (Å²) in [5.74, 6) is 1.44. The van der Waals surface area contributed by atoms with Crippen molar-refractivity contribution in [2.45, 2.75) is 18.4 Å². The highest BCUT2D eigenvalue weighted by atomic mass is 32.2. The number of benzene rings is 1. The topological polar surface area (TPSA) is 122 Å². The van der Waals surface area contributed by atoms with Crippen LogP contribution in [0.25, 0.3) is 22.6 Å². The van der Waals surface area contributed by atoms with E-state index in [9.17, 15) is 13.7 Å². The highest BCUT2D eigenvalue weighted by Gasteiger charge is 2.15. The first-order valence-electron chi connectivity index (χ1n) is 9.18. The molecule has 150 valence electrons. The van der Waals surface area contributed by atoms with Gasteiger partial charge < -0.3 is 9.72 Å². The number of nitrogens with one attached hydrogen (secondary N) is 1. The summed E-state index contributed by atoms with van der Waals surface area (Å²) in [6.07, 6.45) is 3.21. The second-order valence-corrected chi connectivity index (χ2v) is 8.68. The van der Waals surface area contributed by atoms with Crippen LogP contribution >= 0.6 is 0 Å². The molecule has 0 atom stereocenters. The fourth-order valence-corrected chi connectivity index (χ4v) is 3.74. The summed E-state index contributed by atoms with van der Waals surface area (Å²) in [6.45, 7) is 1.57. The van der Waals surface area contributed by atoms with E-state index < -0.39 is 9.84 Å². The average molecular weight is 419 g/mol. The van der Waals surface area contributed by atoms with Crippen molar-refractivity contribution in [2.75, 3.05) is 5.75 Å². The predicted molar refractivity (Wildman–Crippen MR) is 111 cm³/mol. The molecule has 9 heteroatoms. The number of hydrogen-bond acceptors (Lipinski definition) is 7. The number of ether oxygens (including phenoxy) is 1. The molecule has 3 aromatic heterocycles. The number of hydrogen-bond donors (Lipinski definition) is 1. The van der Waals surface area contributed by atoms with Crippen LogP contribution in [-0.2, 0) is 16.3 Å². The lowest BCUT2D eigenvalue weighted by atomic mass is 10.1. The summed E-state index contributed by atoms with van der Waals surface area (Å²) < 4.78 is 29.7. The Morgan fingerprint density at radius 1 is 1.13 bits per heavy atom. The minimum atomic E-state index is -3.38. The quantitative estimate of drug-likeness (QED) is 0.506. The normalized spacial score (nSPS) is 11.3. The number of nitriles is 1. The lowest BCUT2D eigenvalue weighted by molar-refractivity contribution is 0.479. The van der Waals surface area contributed by atoms with Gasteiger partial charge in [-0.15, -0.1) is 0 Å². The first kappa shape index (κ1) is 19.5. The molecule has 0 spiro atoms. The Bertz CT molecular complexity index is 1340. The molecule has 0 aliphatic carbocycles. The predicted octanol–water partition coefficient (Wildman–Crippen LogP) is 3.67. The van der Waals surface area contributed by atoms with Crippen molar-refractivity contribution >= 4 is 20.9 Å². The van der Waals surface area contributed by atoms with Gasteiger partial charge in [0.25, 0.3) is 0 Å². The van der Waals surface area contributed by atoms with Crippen molar-refractivity contribution in [1.82, 2.24) is 19.9 Å². The standard InChI is InChI=1S/C21H17N5O3S/c1-2-30(27,28)19-7-6-15(13-24-19)29-16-11-14(8-9-22)20-18(12-16)25-21(26-20)17-5-3-4-10-23-17/h3-7,10-13H,2,8H2,1H3,(H,25,26). The molecular formula is C21H17N5O3S. The van der Waals surface area contributed by atoms with Gasteiger partial charge in [0.05, 0.1) is 35.5 Å². The van der Waals surface area contributed by atoms with Crippen LogP contribution in [0.3, 0.4) is 0 Å². The molecule has 4 rings (SSSR count). The van der Waals surface area contributed by atoms with E-state index in [1.807, 2.05) is 18.2 Å². The fourth-order valence-electron chi connectivity index (χ4n) is 2.96. The highest BCUT2D eigenvalue weighted by molar-refractivity contribution is 7.91. The van der Waals surface area contributed by atoms with Crippen LogP contribution in [-0.4, -0.2) is 34.1 Å². The third-order valence-corrected chi connectivity index (χ3v) is 6.10. The first-order chi connectivity index (χ1) is 14.5. The van der Waals surface area contributed by atoms with Crippen LogP contribution in [0.4, 0.5) is 0 Å². The Labute approximate surface area is 173 Å². The zero-order valence-corrected chi connectivity index (χ0v) is 16.8. The summed E-state index contributed by atoms with van der Waals surface area (Å²) in [5, 5.41) is 9.21. The number of pyridine rings is 2. The zero-order valence-electron chi connectivity index (χ0n) is 16.0. The Morgan fingerprint density at radius 2 is 2.00 bits per heavy atom. The number of fused-ring (bicyclic) bond motifs is 1. The van der Waals surface area contributed by atoms with E-state index in [0.717, 1.165) is 0 Å². The van der Waals surface area contributed by atoms with Crippen molar-refractivity contribution in [3.8, 4) is 29.1 Å². The summed E-state index contributed by atoms with van der Waals surface area (Å²) in [6, 6.07) is 14.2. The van der Waals surface area contributed by atoms with Gasteiger partial charge in [-0.25, -0.2) is 18.4 Å². The van der Waals surface area contributed by atoms with Gasteiger partial charge in [-0.3, -0.25) is 4.98 Å². The van der Waals surface area contributed by atoms with Crippen LogP contribution < -0.4 is 4.74 Å².